The van der Waals surface area contributed by atoms with Crippen molar-refractivity contribution in [1.82, 2.24) is 0 Å². The van der Waals surface area contributed by atoms with Crippen LogP contribution in [0.5, 0.6) is 0 Å². The maximum atomic E-state index is 6.03. The summed E-state index contributed by atoms with van der Waals surface area (Å²) in [6.07, 6.45) is 1.81. The van der Waals surface area contributed by atoms with Gasteiger partial charge in [0, 0.05) is 6.61 Å². The summed E-state index contributed by atoms with van der Waals surface area (Å²) in [7, 11) is 0. The van der Waals surface area contributed by atoms with Gasteiger partial charge < -0.3 is 8.53 Å². The van der Waals surface area contributed by atoms with Crippen molar-refractivity contribution in [2.75, 3.05) is 13.2 Å². The van der Waals surface area contributed by atoms with Gasteiger partial charge >= 0.3 is 14.5 Å². The third kappa shape index (κ3) is 12.3. The summed E-state index contributed by atoms with van der Waals surface area (Å²) in [6.45, 7) is 14.6. The van der Waals surface area contributed by atoms with Crippen LogP contribution in [-0.2, 0) is 8.53 Å². The van der Waals surface area contributed by atoms with Gasteiger partial charge in [0.2, 0.25) is 0 Å². The monoisotopic (exact) mass is 256 g/mol. The average molecular weight is 256 g/mol. The fourth-order valence-electron chi connectivity index (χ4n) is 1.77. The quantitative estimate of drug-likeness (QED) is 0.349. The van der Waals surface area contributed by atoms with Crippen LogP contribution in [0.15, 0.2) is 11.8 Å². The highest BCUT2D eigenvalue weighted by Gasteiger charge is 2.22. The van der Waals surface area contributed by atoms with Crippen LogP contribution in [0.25, 0.3) is 0 Å². The van der Waals surface area contributed by atoms with E-state index in [0.29, 0.717) is 6.61 Å². The fraction of sp³-hybridized carbons (Fsp3) is 0.857. The van der Waals surface area contributed by atoms with E-state index < -0.39 is 14.5 Å². The first-order chi connectivity index (χ1) is 7.91. The minimum absolute atomic E-state index is 0.685. The molecular formula is C14H29AlO2. The van der Waals surface area contributed by atoms with Crippen molar-refractivity contribution in [1.29, 1.82) is 0 Å². The molecule has 0 aromatic carbocycles. The molecule has 0 aliphatic rings. The van der Waals surface area contributed by atoms with Gasteiger partial charge in [0.1, 0.15) is 6.61 Å². The Balaban J connectivity index is 3.79. The molecule has 0 rings (SSSR count). The van der Waals surface area contributed by atoms with Gasteiger partial charge in [-0.15, -0.1) is 0 Å². The second kappa shape index (κ2) is 10.0. The first-order valence-corrected chi connectivity index (χ1v) is 8.88. The highest BCUT2D eigenvalue weighted by molar-refractivity contribution is 6.51. The van der Waals surface area contributed by atoms with Crippen LogP contribution in [0.4, 0.5) is 0 Å². The molecule has 0 unspecified atom stereocenters. The molecule has 0 heterocycles. The lowest BCUT2D eigenvalue weighted by Crippen LogP contribution is -2.24. The lowest BCUT2D eigenvalue weighted by atomic mass is 10.3. The Bertz CT molecular complexity index is 198. The standard InChI is InChI=1S/C6H11O2.2C4H9.Al/c1-6(2)5-8-4-3-7;2*1-4(2)3;/h5H,3-4H2,1-2H3;2*4H,1H2,2-3H3;/q-1;;;+1. The Morgan fingerprint density at radius 3 is 1.94 bits per heavy atom. The molecule has 0 saturated carbocycles. The van der Waals surface area contributed by atoms with Crippen LogP contribution >= 0.6 is 0 Å². The van der Waals surface area contributed by atoms with Crippen LogP contribution in [-0.4, -0.2) is 27.7 Å². The van der Waals surface area contributed by atoms with Gasteiger partial charge in [-0.25, -0.2) is 0 Å². The molecule has 0 aromatic rings. The normalized spacial score (nSPS) is 10.8. The van der Waals surface area contributed by atoms with Crippen molar-refractivity contribution >= 4 is 14.5 Å². The van der Waals surface area contributed by atoms with E-state index in [4.69, 9.17) is 8.53 Å². The molecule has 0 atom stereocenters. The van der Waals surface area contributed by atoms with Gasteiger partial charge in [0.25, 0.3) is 0 Å². The predicted molar refractivity (Wildman–Crippen MR) is 76.4 cm³/mol. The summed E-state index contributed by atoms with van der Waals surface area (Å²) >= 11 is -1.02. The number of hydrogen-bond donors (Lipinski definition) is 0. The zero-order valence-corrected chi connectivity index (χ0v) is 13.6. The van der Waals surface area contributed by atoms with E-state index in [-0.39, 0.29) is 0 Å². The molecule has 0 N–H and O–H groups in total. The van der Waals surface area contributed by atoms with E-state index in [1.807, 2.05) is 20.1 Å². The third-order valence-electron chi connectivity index (χ3n) is 2.34. The van der Waals surface area contributed by atoms with Gasteiger partial charge in [-0.3, -0.25) is 0 Å². The first kappa shape index (κ1) is 17.0. The SMILES string of the molecule is CC(C)=COCC[O][Al]([CH2]C(C)C)[CH2]C(C)C. The van der Waals surface area contributed by atoms with Gasteiger partial charge in [0.05, 0.1) is 6.26 Å². The van der Waals surface area contributed by atoms with Gasteiger partial charge in [-0.05, 0) is 19.4 Å². The van der Waals surface area contributed by atoms with Crippen LogP contribution in [0.3, 0.4) is 0 Å². The van der Waals surface area contributed by atoms with Crippen molar-refractivity contribution < 1.29 is 8.53 Å². The van der Waals surface area contributed by atoms with Crippen molar-refractivity contribution in [3.8, 4) is 0 Å². The van der Waals surface area contributed by atoms with E-state index in [0.717, 1.165) is 18.4 Å². The molecule has 3 heteroatoms. The van der Waals surface area contributed by atoms with Gasteiger partial charge in [0.15, 0.2) is 0 Å². The van der Waals surface area contributed by atoms with E-state index in [1.165, 1.54) is 16.1 Å². The number of allylic oxidation sites excluding steroid dienone is 1. The van der Waals surface area contributed by atoms with E-state index in [9.17, 15) is 0 Å². The van der Waals surface area contributed by atoms with Crippen LogP contribution in [0.2, 0.25) is 10.6 Å². The molecule has 0 radical (unpaired) electrons. The van der Waals surface area contributed by atoms with Gasteiger partial charge in [-0.2, -0.15) is 0 Å². The minimum Gasteiger partial charge on any atom is -0.499 e. The molecule has 0 bridgehead atoms. The lowest BCUT2D eigenvalue weighted by molar-refractivity contribution is 0.175. The summed E-state index contributed by atoms with van der Waals surface area (Å²) in [6, 6.07) is 0. The summed E-state index contributed by atoms with van der Waals surface area (Å²) in [5, 5.41) is 2.56. The Morgan fingerprint density at radius 2 is 1.53 bits per heavy atom. The van der Waals surface area contributed by atoms with E-state index >= 15 is 0 Å². The topological polar surface area (TPSA) is 18.5 Å². The Morgan fingerprint density at radius 1 is 1.00 bits per heavy atom. The number of ether oxygens (including phenoxy) is 1. The predicted octanol–water partition coefficient (Wildman–Crippen LogP) is 4.25. The van der Waals surface area contributed by atoms with Crippen molar-refractivity contribution in [3.63, 3.8) is 0 Å². The highest BCUT2D eigenvalue weighted by atomic mass is 27.2. The fourth-order valence-corrected chi connectivity index (χ4v) is 4.77. The minimum atomic E-state index is -1.02. The van der Waals surface area contributed by atoms with Gasteiger partial charge in [-0.1, -0.05) is 50.1 Å². The van der Waals surface area contributed by atoms with Crippen LogP contribution in [0, 0.1) is 11.8 Å². The summed E-state index contributed by atoms with van der Waals surface area (Å²) in [5.74, 6) is 1.51. The van der Waals surface area contributed by atoms with E-state index in [2.05, 4.69) is 27.7 Å². The second-order valence-electron chi connectivity index (χ2n) is 5.82. The van der Waals surface area contributed by atoms with Crippen LogP contribution < -0.4 is 0 Å². The highest BCUT2D eigenvalue weighted by Crippen LogP contribution is 2.15. The van der Waals surface area contributed by atoms with Crippen molar-refractivity contribution in [2.24, 2.45) is 11.8 Å². The molecule has 0 aromatic heterocycles. The Hall–Kier alpha value is 0.0325. The maximum absolute atomic E-state index is 6.03. The molecule has 100 valence electrons. The molecule has 2 nitrogen and oxygen atoms in total. The molecule has 0 spiro atoms. The average Bonchev–Trinajstić information content (AvgIpc) is 2.14. The zero-order valence-electron chi connectivity index (χ0n) is 12.5. The molecule has 0 saturated heterocycles. The first-order valence-electron chi connectivity index (χ1n) is 6.78. The summed E-state index contributed by atoms with van der Waals surface area (Å²) < 4.78 is 11.4. The largest absolute Gasteiger partial charge is 0.499 e. The maximum Gasteiger partial charge on any atom is 0.461 e. The van der Waals surface area contributed by atoms with Crippen molar-refractivity contribution in [3.05, 3.63) is 11.8 Å². The smallest absolute Gasteiger partial charge is 0.461 e. The Labute approximate surface area is 112 Å². The second-order valence-corrected chi connectivity index (χ2v) is 8.34. The summed E-state index contributed by atoms with van der Waals surface area (Å²) in [4.78, 5) is 0. The number of rotatable bonds is 9. The molecule has 17 heavy (non-hydrogen) atoms. The zero-order chi connectivity index (χ0) is 13.3. The summed E-state index contributed by atoms with van der Waals surface area (Å²) in [5.41, 5.74) is 1.20. The molecule has 0 fully saturated rings. The Kier molecular flexibility index (Phi) is 10.0. The molecular weight excluding hydrogens is 227 g/mol. The number of hydrogen-bond acceptors (Lipinski definition) is 2. The molecule has 0 amide bonds. The molecule has 0 aliphatic carbocycles. The third-order valence-corrected chi connectivity index (χ3v) is 5.99. The lowest BCUT2D eigenvalue weighted by Gasteiger charge is -2.16. The van der Waals surface area contributed by atoms with E-state index in [1.54, 1.807) is 0 Å². The van der Waals surface area contributed by atoms with Crippen LogP contribution in [0.1, 0.15) is 41.5 Å². The molecule has 0 aliphatic heterocycles. The van der Waals surface area contributed by atoms with Crippen molar-refractivity contribution in [2.45, 2.75) is 52.1 Å².